The van der Waals surface area contributed by atoms with Crippen molar-refractivity contribution in [3.05, 3.63) is 35.9 Å². The molecule has 0 saturated carbocycles. The Hall–Kier alpha value is -1.59. The molecule has 134 valence electrons. The number of methoxy groups -OCH3 is 1. The van der Waals surface area contributed by atoms with Gasteiger partial charge in [0.25, 0.3) is 0 Å². The third-order valence-electron chi connectivity index (χ3n) is 4.33. The first-order valence-corrected chi connectivity index (χ1v) is 9.04. The summed E-state index contributed by atoms with van der Waals surface area (Å²) in [6.07, 6.45) is 2.49. The summed E-state index contributed by atoms with van der Waals surface area (Å²) in [6, 6.07) is 11.5. The number of likely N-dealkylation sites (tertiary alicyclic amines) is 1. The van der Waals surface area contributed by atoms with Crippen molar-refractivity contribution in [2.45, 2.75) is 45.3 Å². The van der Waals surface area contributed by atoms with E-state index in [-0.39, 0.29) is 6.04 Å². The summed E-state index contributed by atoms with van der Waals surface area (Å²) < 4.78 is 5.19. The topological polar surface area (TPSA) is 48.9 Å². The maximum Gasteiger partial charge on any atom is 0.191 e. The molecule has 1 saturated heterocycles. The van der Waals surface area contributed by atoms with Gasteiger partial charge in [0.2, 0.25) is 0 Å². The van der Waals surface area contributed by atoms with Crippen LogP contribution >= 0.6 is 0 Å². The molecule has 1 aromatic carbocycles. The number of nitrogens with zero attached hydrogens (tertiary/aromatic N) is 2. The lowest BCUT2D eigenvalue weighted by molar-refractivity contribution is 0.179. The van der Waals surface area contributed by atoms with E-state index in [1.54, 1.807) is 7.11 Å². The third-order valence-corrected chi connectivity index (χ3v) is 4.33. The van der Waals surface area contributed by atoms with Crippen LogP contribution in [-0.4, -0.2) is 56.3 Å². The maximum atomic E-state index is 5.19. The first-order valence-electron chi connectivity index (χ1n) is 9.04. The average molecular weight is 332 g/mol. The molecule has 5 nitrogen and oxygen atoms in total. The number of aliphatic imine (C=N–C) groups is 1. The molecule has 2 N–H and O–H groups in total. The lowest BCUT2D eigenvalue weighted by Crippen LogP contribution is -2.44. The van der Waals surface area contributed by atoms with Gasteiger partial charge in [-0.2, -0.15) is 0 Å². The smallest absolute Gasteiger partial charge is 0.191 e. The van der Waals surface area contributed by atoms with E-state index >= 15 is 0 Å². The second kappa shape index (κ2) is 10.3. The van der Waals surface area contributed by atoms with Gasteiger partial charge in [-0.05, 0) is 38.8 Å². The summed E-state index contributed by atoms with van der Waals surface area (Å²) in [6.45, 7) is 8.76. The van der Waals surface area contributed by atoms with Crippen LogP contribution in [0.2, 0.25) is 0 Å². The molecule has 1 heterocycles. The number of guanidine groups is 1. The minimum atomic E-state index is 0.247. The van der Waals surface area contributed by atoms with Crippen molar-refractivity contribution < 1.29 is 4.74 Å². The van der Waals surface area contributed by atoms with Crippen molar-refractivity contribution in [3.8, 4) is 0 Å². The molecule has 0 spiro atoms. The monoisotopic (exact) mass is 332 g/mol. The van der Waals surface area contributed by atoms with Gasteiger partial charge in [-0.1, -0.05) is 30.3 Å². The van der Waals surface area contributed by atoms with Crippen LogP contribution in [0, 0.1) is 0 Å². The molecule has 5 heteroatoms. The van der Waals surface area contributed by atoms with Crippen LogP contribution in [0.4, 0.5) is 0 Å². The van der Waals surface area contributed by atoms with Crippen molar-refractivity contribution in [2.24, 2.45) is 4.99 Å². The third kappa shape index (κ3) is 6.13. The highest BCUT2D eigenvalue weighted by Gasteiger charge is 2.24. The molecular weight excluding hydrogens is 300 g/mol. The fourth-order valence-electron chi connectivity index (χ4n) is 3.17. The molecule has 0 bridgehead atoms. The van der Waals surface area contributed by atoms with Crippen LogP contribution in [-0.2, 0) is 11.3 Å². The molecule has 0 amide bonds. The van der Waals surface area contributed by atoms with Crippen molar-refractivity contribution in [3.63, 3.8) is 0 Å². The van der Waals surface area contributed by atoms with E-state index in [2.05, 4.69) is 59.7 Å². The number of rotatable bonds is 8. The molecule has 2 atom stereocenters. The molecule has 1 aliphatic rings. The summed E-state index contributed by atoms with van der Waals surface area (Å²) in [4.78, 5) is 7.36. The molecular formula is C19H32N4O. The zero-order chi connectivity index (χ0) is 17.2. The first-order chi connectivity index (χ1) is 11.7. The SMILES string of the molecule is CCNC(=NCC1CCCN1Cc1ccccc1)NC(C)COC. The molecule has 24 heavy (non-hydrogen) atoms. The number of ether oxygens (including phenoxy) is 1. The van der Waals surface area contributed by atoms with Gasteiger partial charge in [-0.25, -0.2) is 0 Å². The minimum absolute atomic E-state index is 0.247. The summed E-state index contributed by atoms with van der Waals surface area (Å²) in [5.41, 5.74) is 1.38. The van der Waals surface area contributed by atoms with E-state index < -0.39 is 0 Å². The van der Waals surface area contributed by atoms with E-state index in [4.69, 9.17) is 9.73 Å². The minimum Gasteiger partial charge on any atom is -0.383 e. The molecule has 0 radical (unpaired) electrons. The molecule has 1 aliphatic heterocycles. The van der Waals surface area contributed by atoms with Crippen LogP contribution in [0.3, 0.4) is 0 Å². The summed E-state index contributed by atoms with van der Waals surface area (Å²) >= 11 is 0. The normalized spacial score (nSPS) is 20.1. The Bertz CT molecular complexity index is 491. The molecule has 2 unspecified atom stereocenters. The predicted octanol–water partition coefficient (Wildman–Crippen LogP) is 2.24. The highest BCUT2D eigenvalue weighted by molar-refractivity contribution is 5.80. The Morgan fingerprint density at radius 2 is 2.17 bits per heavy atom. The Kier molecular flexibility index (Phi) is 8.05. The quantitative estimate of drug-likeness (QED) is 0.566. The van der Waals surface area contributed by atoms with Crippen LogP contribution in [0.5, 0.6) is 0 Å². The summed E-state index contributed by atoms with van der Waals surface area (Å²) in [5.74, 6) is 0.883. The molecule has 1 fully saturated rings. The van der Waals surface area contributed by atoms with Crippen LogP contribution < -0.4 is 10.6 Å². The lowest BCUT2D eigenvalue weighted by atomic mass is 10.2. The lowest BCUT2D eigenvalue weighted by Gasteiger charge is -2.24. The molecule has 1 aromatic rings. The maximum absolute atomic E-state index is 5.19. The zero-order valence-electron chi connectivity index (χ0n) is 15.3. The van der Waals surface area contributed by atoms with E-state index in [0.717, 1.165) is 25.6 Å². The van der Waals surface area contributed by atoms with E-state index in [1.807, 2.05) is 0 Å². The van der Waals surface area contributed by atoms with E-state index in [0.29, 0.717) is 12.6 Å². The average Bonchev–Trinajstić information content (AvgIpc) is 3.01. The highest BCUT2D eigenvalue weighted by Crippen LogP contribution is 2.20. The second-order valence-electron chi connectivity index (χ2n) is 6.47. The molecule has 2 rings (SSSR count). The van der Waals surface area contributed by atoms with Gasteiger partial charge in [0, 0.05) is 32.3 Å². The number of benzene rings is 1. The van der Waals surface area contributed by atoms with Gasteiger partial charge < -0.3 is 15.4 Å². The number of hydrogen-bond donors (Lipinski definition) is 2. The number of hydrogen-bond acceptors (Lipinski definition) is 3. The zero-order valence-corrected chi connectivity index (χ0v) is 15.3. The fraction of sp³-hybridized carbons (Fsp3) is 0.632. The Morgan fingerprint density at radius 3 is 2.88 bits per heavy atom. The van der Waals surface area contributed by atoms with Crippen LogP contribution in [0.1, 0.15) is 32.3 Å². The fourth-order valence-corrected chi connectivity index (χ4v) is 3.17. The summed E-state index contributed by atoms with van der Waals surface area (Å²) in [5, 5.41) is 6.73. The van der Waals surface area contributed by atoms with Crippen molar-refractivity contribution in [2.75, 3.05) is 33.4 Å². The van der Waals surface area contributed by atoms with Crippen molar-refractivity contribution >= 4 is 5.96 Å². The number of nitrogens with one attached hydrogen (secondary N) is 2. The Balaban J connectivity index is 1.91. The summed E-state index contributed by atoms with van der Waals surface area (Å²) in [7, 11) is 1.72. The van der Waals surface area contributed by atoms with Gasteiger partial charge in [-0.15, -0.1) is 0 Å². The van der Waals surface area contributed by atoms with Gasteiger partial charge in [0.15, 0.2) is 5.96 Å². The van der Waals surface area contributed by atoms with Crippen molar-refractivity contribution in [1.82, 2.24) is 15.5 Å². The largest absolute Gasteiger partial charge is 0.383 e. The van der Waals surface area contributed by atoms with Crippen LogP contribution in [0.15, 0.2) is 35.3 Å². The van der Waals surface area contributed by atoms with Gasteiger partial charge >= 0.3 is 0 Å². The molecule has 0 aromatic heterocycles. The second-order valence-corrected chi connectivity index (χ2v) is 6.47. The van der Waals surface area contributed by atoms with Crippen molar-refractivity contribution in [1.29, 1.82) is 0 Å². The van der Waals surface area contributed by atoms with E-state index in [9.17, 15) is 0 Å². The van der Waals surface area contributed by atoms with Crippen LogP contribution in [0.25, 0.3) is 0 Å². The standard InChI is InChI=1S/C19H32N4O/c1-4-20-19(22-16(2)15-24-3)21-13-18-11-8-12-23(18)14-17-9-6-5-7-10-17/h5-7,9-10,16,18H,4,8,11-15H2,1-3H3,(H2,20,21,22). The van der Waals surface area contributed by atoms with Gasteiger partial charge in [-0.3, -0.25) is 9.89 Å². The first kappa shape index (κ1) is 18.7. The highest BCUT2D eigenvalue weighted by atomic mass is 16.5. The van der Waals surface area contributed by atoms with Gasteiger partial charge in [0.05, 0.1) is 13.2 Å². The molecule has 0 aliphatic carbocycles. The van der Waals surface area contributed by atoms with E-state index in [1.165, 1.54) is 24.9 Å². The van der Waals surface area contributed by atoms with Gasteiger partial charge in [0.1, 0.15) is 0 Å². The Morgan fingerprint density at radius 1 is 1.38 bits per heavy atom. The predicted molar refractivity (Wildman–Crippen MR) is 100 cm³/mol. The Labute approximate surface area is 146 Å².